The molecule has 0 spiro atoms. The summed E-state index contributed by atoms with van der Waals surface area (Å²) < 4.78 is 12.8. The first-order valence-corrected chi connectivity index (χ1v) is 7.85. The standard InChI is InChI=1S/C17H18FNO2S/c1-12-3-9-16(22-12)15(20)8-10-17(21)19(2)11-13-4-6-14(18)7-5-13/h3-7,9H,8,10-11H2,1-2H3. The van der Waals surface area contributed by atoms with Crippen LogP contribution < -0.4 is 0 Å². The van der Waals surface area contributed by atoms with Crippen molar-refractivity contribution >= 4 is 23.0 Å². The van der Waals surface area contributed by atoms with Crippen LogP contribution in [0.3, 0.4) is 0 Å². The number of ketones is 1. The number of aryl methyl sites for hydroxylation is 1. The average Bonchev–Trinajstić information content (AvgIpc) is 2.93. The fourth-order valence-electron chi connectivity index (χ4n) is 2.07. The van der Waals surface area contributed by atoms with Crippen LogP contribution in [0.5, 0.6) is 0 Å². The first kappa shape index (κ1) is 16.4. The normalized spacial score (nSPS) is 10.5. The summed E-state index contributed by atoms with van der Waals surface area (Å²) in [5, 5.41) is 0. The molecule has 0 bridgehead atoms. The minimum Gasteiger partial charge on any atom is -0.341 e. The number of thiophene rings is 1. The topological polar surface area (TPSA) is 37.4 Å². The van der Waals surface area contributed by atoms with E-state index in [-0.39, 0.29) is 30.3 Å². The Kier molecular flexibility index (Phi) is 5.44. The molecule has 0 radical (unpaired) electrons. The van der Waals surface area contributed by atoms with Gasteiger partial charge in [0.15, 0.2) is 5.78 Å². The van der Waals surface area contributed by atoms with Crippen LogP contribution in [0.2, 0.25) is 0 Å². The predicted molar refractivity (Wildman–Crippen MR) is 85.5 cm³/mol. The minimum atomic E-state index is -0.297. The first-order chi connectivity index (χ1) is 10.5. The second kappa shape index (κ2) is 7.31. The average molecular weight is 319 g/mol. The summed E-state index contributed by atoms with van der Waals surface area (Å²) >= 11 is 1.45. The molecule has 0 aliphatic rings. The predicted octanol–water partition coefficient (Wildman–Crippen LogP) is 3.82. The van der Waals surface area contributed by atoms with Gasteiger partial charge >= 0.3 is 0 Å². The van der Waals surface area contributed by atoms with Gasteiger partial charge in [-0.25, -0.2) is 4.39 Å². The summed E-state index contributed by atoms with van der Waals surface area (Å²) in [6, 6.07) is 9.75. The van der Waals surface area contributed by atoms with Crippen LogP contribution >= 0.6 is 11.3 Å². The number of benzene rings is 1. The molecule has 1 heterocycles. The summed E-state index contributed by atoms with van der Waals surface area (Å²) in [5.74, 6) is -0.387. The highest BCUT2D eigenvalue weighted by Gasteiger charge is 2.14. The van der Waals surface area contributed by atoms with E-state index in [1.54, 1.807) is 30.1 Å². The molecular formula is C17H18FNO2S. The number of Topliss-reactive ketones (excluding diaryl/α,β-unsaturated/α-hetero) is 1. The molecule has 1 amide bonds. The molecule has 0 atom stereocenters. The molecule has 1 aromatic heterocycles. The zero-order chi connectivity index (χ0) is 16.1. The van der Waals surface area contributed by atoms with Gasteiger partial charge in [0.05, 0.1) is 4.88 Å². The summed E-state index contributed by atoms with van der Waals surface area (Å²) in [4.78, 5) is 27.4. The molecule has 0 unspecified atom stereocenters. The fourth-order valence-corrected chi connectivity index (χ4v) is 2.91. The van der Waals surface area contributed by atoms with Gasteiger partial charge in [-0.2, -0.15) is 0 Å². The van der Waals surface area contributed by atoms with Gasteiger partial charge in [-0.05, 0) is 36.8 Å². The van der Waals surface area contributed by atoms with Gasteiger partial charge in [0.2, 0.25) is 5.91 Å². The van der Waals surface area contributed by atoms with Crippen molar-refractivity contribution in [2.24, 2.45) is 0 Å². The van der Waals surface area contributed by atoms with Crippen LogP contribution in [0.25, 0.3) is 0 Å². The SMILES string of the molecule is Cc1ccc(C(=O)CCC(=O)N(C)Cc2ccc(F)cc2)s1. The Labute approximate surface area is 133 Å². The second-order valence-corrected chi connectivity index (χ2v) is 6.50. The largest absolute Gasteiger partial charge is 0.341 e. The summed E-state index contributed by atoms with van der Waals surface area (Å²) in [5.41, 5.74) is 0.859. The Morgan fingerprint density at radius 2 is 1.77 bits per heavy atom. The van der Waals surface area contributed by atoms with Gasteiger partial charge in [-0.15, -0.1) is 11.3 Å². The first-order valence-electron chi connectivity index (χ1n) is 7.04. The molecule has 0 N–H and O–H groups in total. The van der Waals surface area contributed by atoms with Crippen molar-refractivity contribution in [2.45, 2.75) is 26.3 Å². The number of nitrogens with zero attached hydrogens (tertiary/aromatic N) is 1. The number of carbonyl (C=O) groups is 2. The molecule has 5 heteroatoms. The molecule has 0 aliphatic carbocycles. The van der Waals surface area contributed by atoms with Crippen LogP contribution in [0.1, 0.15) is 33.0 Å². The molecule has 0 saturated carbocycles. The van der Waals surface area contributed by atoms with Crippen LogP contribution in [0, 0.1) is 12.7 Å². The lowest BCUT2D eigenvalue weighted by Crippen LogP contribution is -2.26. The van der Waals surface area contributed by atoms with Crippen molar-refractivity contribution in [3.05, 3.63) is 57.5 Å². The van der Waals surface area contributed by atoms with Crippen molar-refractivity contribution < 1.29 is 14.0 Å². The van der Waals surface area contributed by atoms with Crippen LogP contribution in [0.4, 0.5) is 4.39 Å². The lowest BCUT2D eigenvalue weighted by Gasteiger charge is -2.17. The Morgan fingerprint density at radius 1 is 1.09 bits per heavy atom. The number of carbonyl (C=O) groups excluding carboxylic acids is 2. The lowest BCUT2D eigenvalue weighted by molar-refractivity contribution is -0.130. The summed E-state index contributed by atoms with van der Waals surface area (Å²) in [6.07, 6.45) is 0.403. The molecule has 0 aliphatic heterocycles. The van der Waals surface area contributed by atoms with E-state index in [4.69, 9.17) is 0 Å². The van der Waals surface area contributed by atoms with E-state index < -0.39 is 0 Å². The molecule has 2 aromatic rings. The quantitative estimate of drug-likeness (QED) is 0.759. The molecule has 116 valence electrons. The third-order valence-corrected chi connectivity index (χ3v) is 4.38. The van der Waals surface area contributed by atoms with Crippen LogP contribution in [-0.2, 0) is 11.3 Å². The number of hydrogen-bond donors (Lipinski definition) is 0. The van der Waals surface area contributed by atoms with E-state index in [9.17, 15) is 14.0 Å². The molecule has 0 fully saturated rings. The lowest BCUT2D eigenvalue weighted by atomic mass is 10.1. The van der Waals surface area contributed by atoms with Gasteiger partial charge in [-0.1, -0.05) is 12.1 Å². The zero-order valence-corrected chi connectivity index (χ0v) is 13.5. The van der Waals surface area contributed by atoms with E-state index in [0.29, 0.717) is 11.4 Å². The minimum absolute atomic E-state index is 0.00151. The van der Waals surface area contributed by atoms with Gasteiger partial charge in [0.1, 0.15) is 5.82 Å². The Morgan fingerprint density at radius 3 is 2.36 bits per heavy atom. The van der Waals surface area contributed by atoms with E-state index in [2.05, 4.69) is 0 Å². The molecule has 2 rings (SSSR count). The van der Waals surface area contributed by atoms with Crippen LogP contribution in [-0.4, -0.2) is 23.6 Å². The highest BCUT2D eigenvalue weighted by molar-refractivity contribution is 7.14. The zero-order valence-electron chi connectivity index (χ0n) is 12.6. The smallest absolute Gasteiger partial charge is 0.223 e. The van der Waals surface area contributed by atoms with E-state index in [1.165, 1.54) is 23.5 Å². The second-order valence-electron chi connectivity index (χ2n) is 5.21. The van der Waals surface area contributed by atoms with Crippen molar-refractivity contribution in [1.29, 1.82) is 0 Å². The van der Waals surface area contributed by atoms with Crippen molar-refractivity contribution in [3.63, 3.8) is 0 Å². The monoisotopic (exact) mass is 319 g/mol. The third kappa shape index (κ3) is 4.49. The third-order valence-electron chi connectivity index (χ3n) is 3.34. The fraction of sp³-hybridized carbons (Fsp3) is 0.294. The van der Waals surface area contributed by atoms with Gasteiger partial charge in [0, 0.05) is 31.3 Å². The maximum Gasteiger partial charge on any atom is 0.223 e. The highest BCUT2D eigenvalue weighted by atomic mass is 32.1. The number of hydrogen-bond acceptors (Lipinski definition) is 3. The van der Waals surface area contributed by atoms with Crippen molar-refractivity contribution in [2.75, 3.05) is 7.05 Å². The summed E-state index contributed by atoms with van der Waals surface area (Å²) in [6.45, 7) is 2.36. The Balaban J connectivity index is 1.83. The van der Waals surface area contributed by atoms with E-state index >= 15 is 0 Å². The maximum atomic E-state index is 12.8. The number of rotatable bonds is 6. The van der Waals surface area contributed by atoms with E-state index in [1.807, 2.05) is 13.0 Å². The maximum absolute atomic E-state index is 12.8. The highest BCUT2D eigenvalue weighted by Crippen LogP contribution is 2.18. The Bertz CT molecular complexity index is 664. The van der Waals surface area contributed by atoms with E-state index in [0.717, 1.165) is 10.4 Å². The van der Waals surface area contributed by atoms with Crippen LogP contribution in [0.15, 0.2) is 36.4 Å². The van der Waals surface area contributed by atoms with Crippen molar-refractivity contribution in [1.82, 2.24) is 4.90 Å². The molecule has 0 saturated heterocycles. The van der Waals surface area contributed by atoms with Gasteiger partial charge in [0.25, 0.3) is 0 Å². The number of halogens is 1. The molecule has 1 aromatic carbocycles. The summed E-state index contributed by atoms with van der Waals surface area (Å²) in [7, 11) is 1.69. The number of amides is 1. The molecule has 3 nitrogen and oxygen atoms in total. The van der Waals surface area contributed by atoms with Gasteiger partial charge < -0.3 is 4.90 Å². The molecule has 22 heavy (non-hydrogen) atoms. The van der Waals surface area contributed by atoms with Crippen molar-refractivity contribution in [3.8, 4) is 0 Å². The van der Waals surface area contributed by atoms with Gasteiger partial charge in [-0.3, -0.25) is 9.59 Å². The molecular weight excluding hydrogens is 301 g/mol. The Hall–Kier alpha value is -2.01.